The summed E-state index contributed by atoms with van der Waals surface area (Å²) in [4.78, 5) is 30.4. The van der Waals surface area contributed by atoms with Gasteiger partial charge in [-0.2, -0.15) is 0 Å². The van der Waals surface area contributed by atoms with Crippen molar-refractivity contribution in [2.24, 2.45) is 17.3 Å². The van der Waals surface area contributed by atoms with Crippen LogP contribution in [0.3, 0.4) is 0 Å². The molecule has 1 aromatic heterocycles. The Morgan fingerprint density at radius 2 is 1.59 bits per heavy atom. The van der Waals surface area contributed by atoms with Crippen LogP contribution in [0.2, 0.25) is 0 Å². The first-order valence-electron chi connectivity index (χ1n) is 14.2. The fourth-order valence-corrected chi connectivity index (χ4v) is 5.62. The van der Waals surface area contributed by atoms with Gasteiger partial charge in [-0.3, -0.25) is 14.6 Å². The highest BCUT2D eigenvalue weighted by Crippen LogP contribution is 2.59. The van der Waals surface area contributed by atoms with Gasteiger partial charge in [0, 0.05) is 41.5 Å². The zero-order chi connectivity index (χ0) is 31.0. The third-order valence-corrected chi connectivity index (χ3v) is 8.09. The Balaban J connectivity index is 1.14. The topological polar surface area (TPSA) is 108 Å². The summed E-state index contributed by atoms with van der Waals surface area (Å²) in [5, 5.41) is 6.04. The zero-order valence-electron chi connectivity index (χ0n) is 24.4. The molecule has 1 aliphatic carbocycles. The highest BCUT2D eigenvalue weighted by atomic mass is 19.1. The molecule has 0 spiro atoms. The molecule has 3 atom stereocenters. The number of pyridine rings is 1. The number of fused-ring (bicyclic) bond motifs is 1. The second-order valence-electron chi connectivity index (χ2n) is 11.4. The van der Waals surface area contributed by atoms with E-state index < -0.39 is 34.8 Å². The van der Waals surface area contributed by atoms with Gasteiger partial charge in [0.25, 0.3) is 0 Å². The lowest BCUT2D eigenvalue weighted by molar-refractivity contribution is -0.122. The molecule has 4 aromatic rings. The number of methoxy groups -OCH3 is 1. The maximum atomic E-state index is 15.2. The van der Waals surface area contributed by atoms with Crippen molar-refractivity contribution in [1.29, 1.82) is 0 Å². The number of ether oxygens (including phenoxy) is 4. The number of benzene rings is 3. The summed E-state index contributed by atoms with van der Waals surface area (Å²) in [7, 11) is 1.53. The largest absolute Gasteiger partial charge is 0.493 e. The van der Waals surface area contributed by atoms with Crippen molar-refractivity contribution < 1.29 is 37.3 Å². The van der Waals surface area contributed by atoms with Crippen molar-refractivity contribution in [3.05, 3.63) is 78.5 Å². The Bertz CT molecular complexity index is 1720. The second kappa shape index (κ2) is 11.7. The molecule has 1 saturated heterocycles. The monoisotopic (exact) mass is 603 g/mol. The van der Waals surface area contributed by atoms with Gasteiger partial charge in [-0.25, -0.2) is 8.78 Å². The van der Waals surface area contributed by atoms with Gasteiger partial charge in [-0.05, 0) is 53.9 Å². The maximum absolute atomic E-state index is 15.2. The van der Waals surface area contributed by atoms with Gasteiger partial charge in [0.1, 0.15) is 17.7 Å². The lowest BCUT2D eigenvalue weighted by Gasteiger charge is -2.17. The molecule has 9 nitrogen and oxygen atoms in total. The minimum Gasteiger partial charge on any atom is -0.493 e. The van der Waals surface area contributed by atoms with E-state index >= 15 is 4.39 Å². The van der Waals surface area contributed by atoms with Gasteiger partial charge in [-0.1, -0.05) is 13.8 Å². The van der Waals surface area contributed by atoms with Crippen LogP contribution in [-0.4, -0.2) is 43.2 Å². The van der Waals surface area contributed by atoms with Gasteiger partial charge in [-0.15, -0.1) is 0 Å². The molecule has 228 valence electrons. The Morgan fingerprint density at radius 1 is 0.886 bits per heavy atom. The van der Waals surface area contributed by atoms with Crippen LogP contribution in [0.5, 0.6) is 23.0 Å². The first-order valence-corrected chi connectivity index (χ1v) is 14.2. The van der Waals surface area contributed by atoms with E-state index in [1.54, 1.807) is 24.4 Å². The molecule has 1 saturated carbocycles. The van der Waals surface area contributed by atoms with E-state index in [1.807, 2.05) is 13.8 Å². The third-order valence-electron chi connectivity index (χ3n) is 8.09. The summed E-state index contributed by atoms with van der Waals surface area (Å²) in [6.45, 7) is 4.77. The second-order valence-corrected chi connectivity index (χ2v) is 11.4. The van der Waals surface area contributed by atoms with Crippen LogP contribution < -0.4 is 24.8 Å². The quantitative estimate of drug-likeness (QED) is 0.230. The van der Waals surface area contributed by atoms with E-state index in [1.165, 1.54) is 43.5 Å². The van der Waals surface area contributed by atoms with Crippen molar-refractivity contribution in [3.8, 4) is 23.0 Å². The molecule has 3 aromatic carbocycles. The number of nitrogens with one attached hydrogen (secondary N) is 2. The van der Waals surface area contributed by atoms with Crippen LogP contribution in [0.15, 0.2) is 66.9 Å². The predicted octanol–water partition coefficient (Wildman–Crippen LogP) is 6.33. The van der Waals surface area contributed by atoms with E-state index in [2.05, 4.69) is 15.6 Å². The normalized spacial score (nSPS) is 20.2. The Kier molecular flexibility index (Phi) is 7.81. The van der Waals surface area contributed by atoms with Crippen molar-refractivity contribution in [2.75, 3.05) is 31.0 Å². The average Bonchev–Trinajstić information content (AvgIpc) is 3.28. The summed E-state index contributed by atoms with van der Waals surface area (Å²) in [5.41, 5.74) is 0.615. The van der Waals surface area contributed by atoms with Gasteiger partial charge in [0.05, 0.1) is 37.7 Å². The summed E-state index contributed by atoms with van der Waals surface area (Å²) in [6, 6.07) is 14.6. The molecule has 0 unspecified atom stereocenters. The summed E-state index contributed by atoms with van der Waals surface area (Å²) < 4.78 is 51.4. The van der Waals surface area contributed by atoms with E-state index in [0.29, 0.717) is 47.1 Å². The van der Waals surface area contributed by atoms with Gasteiger partial charge >= 0.3 is 0 Å². The fraction of sp³-hybridized carbons (Fsp3) is 0.303. The summed E-state index contributed by atoms with van der Waals surface area (Å²) in [6.07, 6.45) is 2.25. The first-order chi connectivity index (χ1) is 21.1. The number of carbonyl (C=O) groups is 2. The highest BCUT2D eigenvalue weighted by Gasteiger charge is 2.65. The number of nitrogens with zero attached hydrogens (tertiary/aromatic N) is 1. The van der Waals surface area contributed by atoms with Crippen molar-refractivity contribution in [1.82, 2.24) is 4.98 Å². The molecule has 44 heavy (non-hydrogen) atoms. The number of hydrogen-bond donors (Lipinski definition) is 2. The molecular formula is C33H31F2N3O6. The molecule has 1 aliphatic heterocycles. The molecule has 0 radical (unpaired) electrons. The van der Waals surface area contributed by atoms with Gasteiger partial charge in [0.15, 0.2) is 23.1 Å². The van der Waals surface area contributed by atoms with Crippen molar-refractivity contribution in [3.63, 3.8) is 0 Å². The zero-order valence-corrected chi connectivity index (χ0v) is 24.4. The van der Waals surface area contributed by atoms with Crippen molar-refractivity contribution >= 4 is 34.1 Å². The minimum absolute atomic E-state index is 0.0544. The van der Waals surface area contributed by atoms with Crippen LogP contribution in [0.1, 0.15) is 20.3 Å². The van der Waals surface area contributed by atoms with Crippen LogP contribution in [0, 0.1) is 28.9 Å². The Hall–Kier alpha value is -4.77. The SMILES string of the molecule is COc1cc2c(Oc3ccc(NC(=O)[C@H]4[C@@H](C(=O)Nc5ccc(F)cc5)C4(C)C)cc3F)ccnc2cc1O[C@H]1CCOC1. The molecule has 6 rings (SSSR count). The fourth-order valence-electron chi connectivity index (χ4n) is 5.62. The third kappa shape index (κ3) is 5.87. The van der Waals surface area contributed by atoms with Crippen LogP contribution >= 0.6 is 0 Å². The van der Waals surface area contributed by atoms with Gasteiger partial charge < -0.3 is 29.6 Å². The van der Waals surface area contributed by atoms with Crippen LogP contribution in [0.4, 0.5) is 20.2 Å². The Labute approximate surface area is 252 Å². The molecule has 11 heteroatoms. The van der Waals surface area contributed by atoms with E-state index in [9.17, 15) is 14.0 Å². The first kappa shape index (κ1) is 29.3. The van der Waals surface area contributed by atoms with E-state index in [4.69, 9.17) is 18.9 Å². The van der Waals surface area contributed by atoms with Crippen LogP contribution in [0.25, 0.3) is 10.9 Å². The number of carbonyl (C=O) groups excluding carboxylic acids is 2. The number of amides is 2. The molecule has 2 aliphatic rings. The van der Waals surface area contributed by atoms with Crippen LogP contribution in [-0.2, 0) is 14.3 Å². The number of rotatable bonds is 9. The predicted molar refractivity (Wildman–Crippen MR) is 159 cm³/mol. The summed E-state index contributed by atoms with van der Waals surface area (Å²) in [5.74, 6) is -1.78. The standard InChI is InChI=1S/C33H31F2N3O6/c1-33(2)29(31(39)37-19-6-4-18(34)5-7-19)30(33)32(40)38-20-8-9-26(23(35)14-20)44-25-10-12-36-24-16-28(27(41-3)15-22(24)25)43-21-11-13-42-17-21/h4-10,12,14-16,21,29-30H,11,13,17H2,1-3H3,(H,37,39)(H,38,40)/t21-,29-,30+/m0/s1. The minimum atomic E-state index is -0.693. The summed E-state index contributed by atoms with van der Waals surface area (Å²) >= 11 is 0. The van der Waals surface area contributed by atoms with Gasteiger partial charge in [0.2, 0.25) is 11.8 Å². The van der Waals surface area contributed by atoms with E-state index in [-0.39, 0.29) is 23.4 Å². The molecule has 2 amide bonds. The molecule has 2 heterocycles. The van der Waals surface area contributed by atoms with E-state index in [0.717, 1.165) is 12.5 Å². The molecule has 2 N–H and O–H groups in total. The Morgan fingerprint density at radius 3 is 2.25 bits per heavy atom. The number of hydrogen-bond acceptors (Lipinski definition) is 7. The lowest BCUT2D eigenvalue weighted by Crippen LogP contribution is -2.20. The molecule has 2 fully saturated rings. The van der Waals surface area contributed by atoms with Crippen molar-refractivity contribution in [2.45, 2.75) is 26.4 Å². The number of aromatic nitrogens is 1. The molecule has 0 bridgehead atoms. The maximum Gasteiger partial charge on any atom is 0.228 e. The smallest absolute Gasteiger partial charge is 0.228 e. The molecular weight excluding hydrogens is 572 g/mol. The number of halogens is 2. The lowest BCUT2D eigenvalue weighted by atomic mass is 10.1. The average molecular weight is 604 g/mol. The highest BCUT2D eigenvalue weighted by molar-refractivity contribution is 6.04. The number of anilines is 2.